The Balaban J connectivity index is 1.74. The zero-order chi connectivity index (χ0) is 13.3. The van der Waals surface area contributed by atoms with E-state index in [1.54, 1.807) is 0 Å². The quantitative estimate of drug-likeness (QED) is 0.727. The largest absolute Gasteiger partial charge is 0.454 e. The molecule has 0 saturated carbocycles. The zero-order valence-electron chi connectivity index (χ0n) is 11.2. The molecule has 0 aromatic heterocycles. The average Bonchev–Trinajstić information content (AvgIpc) is 3.00. The number of hydrogen-bond acceptors (Lipinski definition) is 4. The number of fused-ring (bicyclic) bond motifs is 2. The van der Waals surface area contributed by atoms with E-state index in [9.17, 15) is 5.11 Å². The van der Waals surface area contributed by atoms with Crippen LogP contribution in [0.2, 0.25) is 0 Å². The van der Waals surface area contributed by atoms with E-state index < -0.39 is 0 Å². The summed E-state index contributed by atoms with van der Waals surface area (Å²) in [4.78, 5) is 2.51. The van der Waals surface area contributed by atoms with Crippen LogP contribution in [0.1, 0.15) is 24.0 Å². The minimum Gasteiger partial charge on any atom is -0.454 e. The lowest BCUT2D eigenvalue weighted by molar-refractivity contribution is 0.110. The van der Waals surface area contributed by atoms with E-state index in [-0.39, 0.29) is 11.5 Å². The fourth-order valence-corrected chi connectivity index (χ4v) is 4.48. The number of benzene rings is 1. The monoisotopic (exact) mass is 271 g/mol. The zero-order valence-corrected chi connectivity index (χ0v) is 11.2. The van der Waals surface area contributed by atoms with E-state index in [2.05, 4.69) is 23.1 Å². The standard InChI is InChI=1S/C16H17NO3/c18-11-1-2-16-3-4-17(15(16)6-11)8-10-5-13-14(7-12(10)16)20-9-19-13/h1-2,5,7,11,15,18H,3-4,6,8-9H2. The van der Waals surface area contributed by atoms with Gasteiger partial charge < -0.3 is 14.6 Å². The van der Waals surface area contributed by atoms with Crippen molar-refractivity contribution in [2.75, 3.05) is 13.3 Å². The van der Waals surface area contributed by atoms with Gasteiger partial charge in [-0.3, -0.25) is 4.90 Å². The molecule has 1 aromatic carbocycles. The molecule has 0 amide bonds. The molecule has 2 bridgehead atoms. The highest BCUT2D eigenvalue weighted by atomic mass is 16.7. The van der Waals surface area contributed by atoms with E-state index in [0.29, 0.717) is 12.8 Å². The summed E-state index contributed by atoms with van der Waals surface area (Å²) in [7, 11) is 0. The Morgan fingerprint density at radius 1 is 1.25 bits per heavy atom. The number of nitrogens with zero attached hydrogens (tertiary/aromatic N) is 1. The van der Waals surface area contributed by atoms with Crippen LogP contribution in [0.25, 0.3) is 0 Å². The molecule has 4 atom stereocenters. The molecule has 1 aliphatic carbocycles. The van der Waals surface area contributed by atoms with Crippen LogP contribution in [-0.2, 0) is 12.0 Å². The van der Waals surface area contributed by atoms with Crippen molar-refractivity contribution in [2.45, 2.75) is 36.9 Å². The van der Waals surface area contributed by atoms with Gasteiger partial charge in [-0.1, -0.05) is 12.2 Å². The summed E-state index contributed by atoms with van der Waals surface area (Å²) >= 11 is 0. The number of rotatable bonds is 0. The lowest BCUT2D eigenvalue weighted by Crippen LogP contribution is -2.49. The first-order chi connectivity index (χ1) is 9.76. The summed E-state index contributed by atoms with van der Waals surface area (Å²) in [6.07, 6.45) is 5.88. The van der Waals surface area contributed by atoms with E-state index in [1.165, 1.54) is 11.1 Å². The maximum Gasteiger partial charge on any atom is 0.231 e. The molecule has 4 unspecified atom stereocenters. The second kappa shape index (κ2) is 3.57. The van der Waals surface area contributed by atoms with Gasteiger partial charge in [0.05, 0.1) is 6.10 Å². The second-order valence-electron chi connectivity index (χ2n) is 6.30. The second-order valence-corrected chi connectivity index (χ2v) is 6.30. The molecule has 3 heterocycles. The van der Waals surface area contributed by atoms with E-state index >= 15 is 0 Å². The van der Waals surface area contributed by atoms with Gasteiger partial charge in [-0.05, 0) is 36.1 Å². The van der Waals surface area contributed by atoms with Crippen molar-refractivity contribution in [1.82, 2.24) is 4.90 Å². The fourth-order valence-electron chi connectivity index (χ4n) is 4.48. The van der Waals surface area contributed by atoms with Crippen LogP contribution >= 0.6 is 0 Å². The SMILES string of the molecule is OC1C=CC23CCN(Cc4cc5c(cc42)OCO5)C3C1. The predicted molar refractivity (Wildman–Crippen MR) is 72.8 cm³/mol. The predicted octanol–water partition coefficient (Wildman–Crippen LogP) is 1.56. The third-order valence-electron chi connectivity index (χ3n) is 5.40. The molecule has 1 aromatic rings. The summed E-state index contributed by atoms with van der Waals surface area (Å²) in [5, 5.41) is 9.95. The highest BCUT2D eigenvalue weighted by molar-refractivity contribution is 5.55. The Labute approximate surface area is 117 Å². The van der Waals surface area contributed by atoms with Crippen molar-refractivity contribution in [3.8, 4) is 11.5 Å². The van der Waals surface area contributed by atoms with Crippen molar-refractivity contribution in [3.63, 3.8) is 0 Å². The molecule has 0 spiro atoms. The Hall–Kier alpha value is -1.52. The van der Waals surface area contributed by atoms with Crippen LogP contribution in [0, 0.1) is 0 Å². The molecule has 20 heavy (non-hydrogen) atoms. The van der Waals surface area contributed by atoms with Crippen LogP contribution in [0.5, 0.6) is 11.5 Å². The molecule has 1 N–H and O–H groups in total. The van der Waals surface area contributed by atoms with Gasteiger partial charge in [0.15, 0.2) is 11.5 Å². The molecular weight excluding hydrogens is 254 g/mol. The molecule has 5 rings (SSSR count). The van der Waals surface area contributed by atoms with Crippen LogP contribution in [0.4, 0.5) is 0 Å². The van der Waals surface area contributed by atoms with Gasteiger partial charge in [-0.15, -0.1) is 0 Å². The van der Waals surface area contributed by atoms with Crippen LogP contribution in [0.3, 0.4) is 0 Å². The Kier molecular flexibility index (Phi) is 1.99. The van der Waals surface area contributed by atoms with Gasteiger partial charge in [0.25, 0.3) is 0 Å². The number of ether oxygens (including phenoxy) is 2. The number of hydrogen-bond donors (Lipinski definition) is 1. The van der Waals surface area contributed by atoms with Crippen LogP contribution < -0.4 is 9.47 Å². The third-order valence-corrected chi connectivity index (χ3v) is 5.40. The average molecular weight is 271 g/mol. The summed E-state index contributed by atoms with van der Waals surface area (Å²) < 4.78 is 11.1. The Morgan fingerprint density at radius 3 is 3.00 bits per heavy atom. The van der Waals surface area contributed by atoms with E-state index in [4.69, 9.17) is 9.47 Å². The van der Waals surface area contributed by atoms with Gasteiger partial charge in [0.2, 0.25) is 6.79 Å². The van der Waals surface area contributed by atoms with E-state index in [0.717, 1.165) is 37.4 Å². The van der Waals surface area contributed by atoms with Crippen LogP contribution in [-0.4, -0.2) is 35.5 Å². The summed E-state index contributed by atoms with van der Waals surface area (Å²) in [5.74, 6) is 1.75. The molecule has 4 aliphatic rings. The Bertz CT molecular complexity index is 626. The molecule has 1 saturated heterocycles. The minimum absolute atomic E-state index is 0.0633. The topological polar surface area (TPSA) is 41.9 Å². The Morgan fingerprint density at radius 2 is 2.10 bits per heavy atom. The van der Waals surface area contributed by atoms with Gasteiger partial charge in [-0.25, -0.2) is 0 Å². The first kappa shape index (κ1) is 11.2. The van der Waals surface area contributed by atoms with Gasteiger partial charge in [-0.2, -0.15) is 0 Å². The molecular formula is C16H17NO3. The van der Waals surface area contributed by atoms with Gasteiger partial charge in [0, 0.05) is 24.5 Å². The highest BCUT2D eigenvalue weighted by Crippen LogP contribution is 2.53. The summed E-state index contributed by atoms with van der Waals surface area (Å²) in [6.45, 7) is 2.38. The fraction of sp³-hybridized carbons (Fsp3) is 0.500. The number of aliphatic hydroxyl groups excluding tert-OH is 1. The van der Waals surface area contributed by atoms with Gasteiger partial charge >= 0.3 is 0 Å². The maximum absolute atomic E-state index is 9.95. The van der Waals surface area contributed by atoms with Crippen molar-refractivity contribution in [1.29, 1.82) is 0 Å². The molecule has 4 nitrogen and oxygen atoms in total. The van der Waals surface area contributed by atoms with Crippen molar-refractivity contribution < 1.29 is 14.6 Å². The first-order valence-corrected chi connectivity index (χ1v) is 7.31. The number of aliphatic hydroxyl groups is 1. The lowest BCUT2D eigenvalue weighted by Gasteiger charge is -2.45. The summed E-state index contributed by atoms with van der Waals surface area (Å²) in [5.41, 5.74) is 2.79. The molecule has 3 aliphatic heterocycles. The normalized spacial score (nSPS) is 39.5. The smallest absolute Gasteiger partial charge is 0.231 e. The highest BCUT2D eigenvalue weighted by Gasteiger charge is 2.53. The molecule has 0 radical (unpaired) electrons. The van der Waals surface area contributed by atoms with Crippen molar-refractivity contribution >= 4 is 0 Å². The minimum atomic E-state index is -0.302. The molecule has 4 heteroatoms. The van der Waals surface area contributed by atoms with Crippen molar-refractivity contribution in [2.24, 2.45) is 0 Å². The van der Waals surface area contributed by atoms with Crippen LogP contribution in [0.15, 0.2) is 24.3 Å². The third kappa shape index (κ3) is 1.24. The summed E-state index contributed by atoms with van der Waals surface area (Å²) in [6, 6.07) is 4.75. The van der Waals surface area contributed by atoms with Gasteiger partial charge in [0.1, 0.15) is 0 Å². The first-order valence-electron chi connectivity index (χ1n) is 7.31. The molecule has 1 fully saturated rings. The lowest BCUT2D eigenvalue weighted by atomic mass is 9.66. The maximum atomic E-state index is 9.95. The van der Waals surface area contributed by atoms with E-state index in [1.807, 2.05) is 6.08 Å². The van der Waals surface area contributed by atoms with Crippen molar-refractivity contribution in [3.05, 3.63) is 35.4 Å². The molecule has 104 valence electrons.